The van der Waals surface area contributed by atoms with Crippen molar-refractivity contribution >= 4 is 22.8 Å². The molecule has 2 atom stereocenters. The lowest BCUT2D eigenvalue weighted by molar-refractivity contribution is -0.116. The van der Waals surface area contributed by atoms with Crippen LogP contribution in [0.15, 0.2) is 82.6 Å². The van der Waals surface area contributed by atoms with Gasteiger partial charge in [0.25, 0.3) is 0 Å². The highest BCUT2D eigenvalue weighted by atomic mass is 16.3. The molecule has 0 unspecified atom stereocenters. The number of carbonyl (C=O) groups excluding carboxylic acids is 1. The van der Waals surface area contributed by atoms with Crippen molar-refractivity contribution < 1.29 is 9.21 Å². The second-order valence-electron chi connectivity index (χ2n) is 8.45. The van der Waals surface area contributed by atoms with Gasteiger partial charge in [-0.05, 0) is 62.2 Å². The van der Waals surface area contributed by atoms with Gasteiger partial charge >= 0.3 is 0 Å². The fourth-order valence-corrected chi connectivity index (χ4v) is 4.93. The molecule has 5 nitrogen and oxygen atoms in total. The fourth-order valence-electron chi connectivity index (χ4n) is 4.93. The molecule has 2 aliphatic rings. The normalized spacial score (nSPS) is 20.0. The quantitative estimate of drug-likeness (QED) is 0.515. The summed E-state index contributed by atoms with van der Waals surface area (Å²) in [5, 5.41) is 7.23. The zero-order valence-electron chi connectivity index (χ0n) is 18.6. The number of fused-ring (bicyclic) bond motifs is 1. The molecule has 2 N–H and O–H groups in total. The second kappa shape index (κ2) is 8.58. The van der Waals surface area contributed by atoms with Gasteiger partial charge in [0.05, 0.1) is 23.7 Å². The Balaban J connectivity index is 1.56. The van der Waals surface area contributed by atoms with Crippen LogP contribution in [-0.4, -0.2) is 18.9 Å². The number of benzene rings is 2. The second-order valence-corrected chi connectivity index (χ2v) is 8.45. The van der Waals surface area contributed by atoms with Crippen LogP contribution in [0.3, 0.4) is 0 Å². The van der Waals surface area contributed by atoms with Crippen LogP contribution in [0.25, 0.3) is 0 Å². The Kier molecular flexibility index (Phi) is 5.48. The van der Waals surface area contributed by atoms with Gasteiger partial charge in [0.2, 0.25) is 0 Å². The smallest absolute Gasteiger partial charge is 0.163 e. The van der Waals surface area contributed by atoms with Gasteiger partial charge in [-0.15, -0.1) is 0 Å². The molecule has 2 aromatic carbocycles. The number of hydrogen-bond donors (Lipinski definition) is 2. The van der Waals surface area contributed by atoms with E-state index in [-0.39, 0.29) is 17.7 Å². The molecule has 3 aromatic rings. The number of hydrogen-bond acceptors (Lipinski definition) is 5. The van der Waals surface area contributed by atoms with Crippen LogP contribution in [0, 0.1) is 0 Å². The number of nitrogens with zero attached hydrogens (tertiary/aromatic N) is 1. The Morgan fingerprint density at radius 3 is 2.38 bits per heavy atom. The first-order chi connectivity index (χ1) is 15.7. The first-order valence-electron chi connectivity index (χ1n) is 11.4. The van der Waals surface area contributed by atoms with Crippen molar-refractivity contribution in [2.45, 2.75) is 38.6 Å². The largest absolute Gasteiger partial charge is 0.469 e. The molecule has 2 heterocycles. The van der Waals surface area contributed by atoms with Crippen molar-refractivity contribution in [1.82, 2.24) is 0 Å². The lowest BCUT2D eigenvalue weighted by Gasteiger charge is -2.29. The number of allylic oxidation sites excluding steroid dienone is 1. The summed E-state index contributed by atoms with van der Waals surface area (Å²) in [4.78, 5) is 15.8. The molecule has 0 fully saturated rings. The van der Waals surface area contributed by atoms with Gasteiger partial charge < -0.3 is 20.0 Å². The summed E-state index contributed by atoms with van der Waals surface area (Å²) in [6.07, 6.45) is 2.89. The van der Waals surface area contributed by atoms with Crippen molar-refractivity contribution in [3.8, 4) is 0 Å². The van der Waals surface area contributed by atoms with Crippen LogP contribution in [0.2, 0.25) is 0 Å². The maximum Gasteiger partial charge on any atom is 0.163 e. The van der Waals surface area contributed by atoms with Crippen LogP contribution in [0.5, 0.6) is 0 Å². The molecule has 1 aliphatic carbocycles. The van der Waals surface area contributed by atoms with E-state index in [0.29, 0.717) is 6.42 Å². The van der Waals surface area contributed by atoms with Crippen LogP contribution < -0.4 is 15.5 Å². The fraction of sp³-hybridized carbons (Fsp3) is 0.296. The van der Waals surface area contributed by atoms with E-state index in [2.05, 4.69) is 65.8 Å². The summed E-state index contributed by atoms with van der Waals surface area (Å²) < 4.78 is 5.65. The third kappa shape index (κ3) is 3.68. The number of ketones is 1. The topological polar surface area (TPSA) is 57.5 Å². The van der Waals surface area contributed by atoms with E-state index >= 15 is 0 Å². The molecule has 5 heteroatoms. The number of para-hydroxylation sites is 2. The minimum absolute atomic E-state index is 0.0553. The molecule has 0 saturated carbocycles. The third-order valence-corrected chi connectivity index (χ3v) is 6.61. The maximum absolute atomic E-state index is 13.5. The molecule has 0 radical (unpaired) electrons. The molecule has 0 bridgehead atoms. The standard InChI is InChI=1S/C27H29N3O2/c1-3-30(4-2)20-13-11-18(12-14-20)27-26-23(28-21-8-5-6-9-22(21)29-27)16-19(17-24(26)31)25-10-7-15-32-25/h5-15,19,27-29H,3-4,16-17H2,1-2H3/t19-,27+/m0/s1. The number of Topliss-reactive ketones (excluding diaryl/α,β-unsaturated/α-hetero) is 1. The highest BCUT2D eigenvalue weighted by Crippen LogP contribution is 2.44. The summed E-state index contributed by atoms with van der Waals surface area (Å²) in [5.41, 5.74) is 6.11. The lowest BCUT2D eigenvalue weighted by atomic mass is 9.80. The average Bonchev–Trinajstić information content (AvgIpc) is 3.29. The molecular weight excluding hydrogens is 398 g/mol. The van der Waals surface area contributed by atoms with Gasteiger partial charge in [-0.25, -0.2) is 0 Å². The minimum Gasteiger partial charge on any atom is -0.469 e. The number of nitrogens with one attached hydrogen (secondary N) is 2. The molecule has 32 heavy (non-hydrogen) atoms. The van der Waals surface area contributed by atoms with E-state index in [9.17, 15) is 4.79 Å². The third-order valence-electron chi connectivity index (χ3n) is 6.61. The molecule has 0 saturated heterocycles. The van der Waals surface area contributed by atoms with E-state index in [4.69, 9.17) is 4.42 Å². The van der Waals surface area contributed by atoms with E-state index in [0.717, 1.165) is 53.5 Å². The van der Waals surface area contributed by atoms with E-state index < -0.39 is 0 Å². The molecule has 164 valence electrons. The zero-order chi connectivity index (χ0) is 22.1. The monoisotopic (exact) mass is 427 g/mol. The highest BCUT2D eigenvalue weighted by molar-refractivity contribution is 6.01. The first kappa shape index (κ1) is 20.4. The summed E-state index contributed by atoms with van der Waals surface area (Å²) >= 11 is 0. The van der Waals surface area contributed by atoms with Crippen molar-refractivity contribution in [2.24, 2.45) is 0 Å². The highest BCUT2D eigenvalue weighted by Gasteiger charge is 2.36. The van der Waals surface area contributed by atoms with E-state index in [1.165, 1.54) is 5.69 Å². The van der Waals surface area contributed by atoms with Gasteiger partial charge in [-0.1, -0.05) is 24.3 Å². The molecular formula is C27H29N3O2. The Hall–Kier alpha value is -3.47. The molecule has 1 aromatic heterocycles. The minimum atomic E-state index is -0.197. The number of carbonyl (C=O) groups is 1. The average molecular weight is 428 g/mol. The zero-order valence-corrected chi connectivity index (χ0v) is 18.6. The van der Waals surface area contributed by atoms with Gasteiger partial charge in [-0.2, -0.15) is 0 Å². The maximum atomic E-state index is 13.5. The Morgan fingerprint density at radius 2 is 1.69 bits per heavy atom. The van der Waals surface area contributed by atoms with Crippen molar-refractivity contribution in [3.05, 3.63) is 89.5 Å². The summed E-state index contributed by atoms with van der Waals surface area (Å²) in [7, 11) is 0. The number of rotatable bonds is 5. The number of anilines is 3. The molecule has 0 amide bonds. The van der Waals surface area contributed by atoms with Crippen molar-refractivity contribution in [1.29, 1.82) is 0 Å². The van der Waals surface area contributed by atoms with Crippen molar-refractivity contribution in [3.63, 3.8) is 0 Å². The molecule has 5 rings (SSSR count). The Labute approximate surface area is 189 Å². The van der Waals surface area contributed by atoms with Gasteiger partial charge in [-0.3, -0.25) is 4.79 Å². The predicted octanol–water partition coefficient (Wildman–Crippen LogP) is 6.11. The predicted molar refractivity (Wildman–Crippen MR) is 129 cm³/mol. The number of furan rings is 1. The lowest BCUT2D eigenvalue weighted by Crippen LogP contribution is -2.27. The van der Waals surface area contributed by atoms with Crippen LogP contribution >= 0.6 is 0 Å². The summed E-state index contributed by atoms with van der Waals surface area (Å²) in [6, 6.07) is 20.4. The van der Waals surface area contributed by atoms with Crippen molar-refractivity contribution in [2.75, 3.05) is 28.6 Å². The van der Waals surface area contributed by atoms with Crippen LogP contribution in [-0.2, 0) is 4.79 Å². The molecule has 0 spiro atoms. The summed E-state index contributed by atoms with van der Waals surface area (Å²) in [6.45, 7) is 6.27. The van der Waals surface area contributed by atoms with Crippen LogP contribution in [0.1, 0.15) is 50.0 Å². The Bertz CT molecular complexity index is 1130. The Morgan fingerprint density at radius 1 is 0.938 bits per heavy atom. The molecule has 1 aliphatic heterocycles. The first-order valence-corrected chi connectivity index (χ1v) is 11.4. The van der Waals surface area contributed by atoms with E-state index in [1.807, 2.05) is 24.3 Å². The van der Waals surface area contributed by atoms with E-state index in [1.54, 1.807) is 6.26 Å². The van der Waals surface area contributed by atoms with Gasteiger partial charge in [0, 0.05) is 42.4 Å². The SMILES string of the molecule is CCN(CC)c1ccc([C@H]2Nc3ccccc3NC3=C2C(=O)C[C@@H](c2ccco2)C3)cc1. The van der Waals surface area contributed by atoms with Gasteiger partial charge in [0.1, 0.15) is 5.76 Å². The van der Waals surface area contributed by atoms with Crippen LogP contribution in [0.4, 0.5) is 17.1 Å². The summed E-state index contributed by atoms with van der Waals surface area (Å²) in [5.74, 6) is 1.09. The van der Waals surface area contributed by atoms with Gasteiger partial charge in [0.15, 0.2) is 5.78 Å².